The number of carbonyl (C=O) groups excluding carboxylic acids is 1. The van der Waals surface area contributed by atoms with Crippen LogP contribution >= 0.6 is 0 Å². The van der Waals surface area contributed by atoms with Crippen LogP contribution < -0.4 is 0 Å². The Morgan fingerprint density at radius 3 is 2.52 bits per heavy atom. The normalized spacial score (nSPS) is 20.0. The number of fused-ring (bicyclic) bond motifs is 1. The van der Waals surface area contributed by atoms with Crippen molar-refractivity contribution >= 4 is 21.9 Å². The standard InChI is InChI=1S/C18H23NO3S/c1-13(2)14-9-11-19(12-10-14)23(21,22)18-8-4-5-15-16(18)6-3-7-17(15)20/h3-6,8,13-14H,7,9-12H2,1-2H3. The molecule has 0 saturated carbocycles. The van der Waals surface area contributed by atoms with Gasteiger partial charge < -0.3 is 0 Å². The van der Waals surface area contributed by atoms with Gasteiger partial charge in [-0.05, 0) is 30.7 Å². The molecule has 2 aliphatic rings. The van der Waals surface area contributed by atoms with Crippen molar-refractivity contribution in [3.63, 3.8) is 0 Å². The molecule has 0 N–H and O–H groups in total. The van der Waals surface area contributed by atoms with E-state index in [1.54, 1.807) is 34.7 Å². The van der Waals surface area contributed by atoms with E-state index in [1.165, 1.54) is 0 Å². The maximum atomic E-state index is 13.0. The van der Waals surface area contributed by atoms with Crippen molar-refractivity contribution in [2.45, 2.75) is 38.0 Å². The third-order valence-corrected chi connectivity index (χ3v) is 6.97. The molecule has 4 nitrogen and oxygen atoms in total. The summed E-state index contributed by atoms with van der Waals surface area (Å²) in [6, 6.07) is 5.00. The Bertz CT molecular complexity index is 742. The molecule has 1 saturated heterocycles. The molecule has 1 fully saturated rings. The minimum absolute atomic E-state index is 0.0157. The van der Waals surface area contributed by atoms with Crippen LogP contribution in [0.5, 0.6) is 0 Å². The van der Waals surface area contributed by atoms with E-state index < -0.39 is 10.0 Å². The Kier molecular flexibility index (Phi) is 4.43. The summed E-state index contributed by atoms with van der Waals surface area (Å²) >= 11 is 0. The lowest BCUT2D eigenvalue weighted by atomic mass is 9.87. The van der Waals surface area contributed by atoms with Crippen LogP contribution in [0.1, 0.15) is 49.0 Å². The van der Waals surface area contributed by atoms with Gasteiger partial charge in [0.15, 0.2) is 5.78 Å². The van der Waals surface area contributed by atoms with E-state index in [4.69, 9.17) is 0 Å². The quantitative estimate of drug-likeness (QED) is 0.852. The van der Waals surface area contributed by atoms with Crippen LogP contribution in [0.3, 0.4) is 0 Å². The second-order valence-electron chi connectivity index (χ2n) is 6.73. The number of ketones is 1. The van der Waals surface area contributed by atoms with Crippen molar-refractivity contribution in [3.05, 3.63) is 35.4 Å². The Labute approximate surface area is 138 Å². The third-order valence-electron chi connectivity index (χ3n) is 5.01. The van der Waals surface area contributed by atoms with Gasteiger partial charge in [-0.25, -0.2) is 8.42 Å². The minimum atomic E-state index is -3.55. The van der Waals surface area contributed by atoms with Crippen LogP contribution in [0.2, 0.25) is 0 Å². The average Bonchev–Trinajstić information content (AvgIpc) is 2.55. The first-order valence-electron chi connectivity index (χ1n) is 8.24. The number of carbonyl (C=O) groups is 1. The highest BCUT2D eigenvalue weighted by atomic mass is 32.2. The van der Waals surface area contributed by atoms with Crippen molar-refractivity contribution in [1.29, 1.82) is 0 Å². The molecular formula is C18H23NO3S. The van der Waals surface area contributed by atoms with Crippen molar-refractivity contribution in [2.75, 3.05) is 13.1 Å². The lowest BCUT2D eigenvalue weighted by molar-refractivity contribution is 0.0994. The smallest absolute Gasteiger partial charge is 0.243 e. The van der Waals surface area contributed by atoms with Crippen LogP contribution in [0.15, 0.2) is 29.2 Å². The first-order chi connectivity index (χ1) is 10.9. The lowest BCUT2D eigenvalue weighted by Crippen LogP contribution is -2.39. The summed E-state index contributed by atoms with van der Waals surface area (Å²) < 4.78 is 27.6. The summed E-state index contributed by atoms with van der Waals surface area (Å²) in [7, 11) is -3.55. The summed E-state index contributed by atoms with van der Waals surface area (Å²) in [5.41, 5.74) is 1.07. The molecule has 0 radical (unpaired) electrons. The second kappa shape index (κ2) is 6.21. The zero-order chi connectivity index (χ0) is 16.6. The van der Waals surface area contributed by atoms with Gasteiger partial charge in [0.05, 0.1) is 4.90 Å². The maximum Gasteiger partial charge on any atom is 0.243 e. The largest absolute Gasteiger partial charge is 0.294 e. The van der Waals surface area contributed by atoms with E-state index in [2.05, 4.69) is 13.8 Å². The molecule has 23 heavy (non-hydrogen) atoms. The summed E-state index contributed by atoms with van der Waals surface area (Å²) in [6.45, 7) is 5.51. The number of hydrogen-bond acceptors (Lipinski definition) is 3. The van der Waals surface area contributed by atoms with Crippen LogP contribution in [-0.4, -0.2) is 31.6 Å². The molecule has 1 aliphatic carbocycles. The second-order valence-corrected chi connectivity index (χ2v) is 8.64. The first-order valence-corrected chi connectivity index (χ1v) is 9.68. The van der Waals surface area contributed by atoms with E-state index in [-0.39, 0.29) is 10.7 Å². The fourth-order valence-corrected chi connectivity index (χ4v) is 5.18. The highest BCUT2D eigenvalue weighted by Crippen LogP contribution is 2.32. The predicted octanol–water partition coefficient (Wildman–Crippen LogP) is 3.34. The molecule has 0 unspecified atom stereocenters. The van der Waals surface area contributed by atoms with E-state index in [0.717, 1.165) is 12.8 Å². The molecule has 0 aromatic heterocycles. The fourth-order valence-electron chi connectivity index (χ4n) is 3.50. The van der Waals surface area contributed by atoms with Crippen LogP contribution in [0.25, 0.3) is 6.08 Å². The molecule has 0 atom stereocenters. The third kappa shape index (κ3) is 3.00. The molecule has 0 spiro atoms. The first kappa shape index (κ1) is 16.4. The molecule has 1 aromatic carbocycles. The molecule has 1 aromatic rings. The van der Waals surface area contributed by atoms with Crippen molar-refractivity contribution in [3.8, 4) is 0 Å². The van der Waals surface area contributed by atoms with Crippen molar-refractivity contribution in [1.82, 2.24) is 4.31 Å². The van der Waals surface area contributed by atoms with Crippen molar-refractivity contribution in [2.24, 2.45) is 11.8 Å². The van der Waals surface area contributed by atoms with E-state index in [1.807, 2.05) is 0 Å². The molecule has 3 rings (SSSR count). The number of benzene rings is 1. The SMILES string of the molecule is CC(C)C1CCN(S(=O)(=O)c2cccc3c2C=CCC3=O)CC1. The minimum Gasteiger partial charge on any atom is -0.294 e. The van der Waals surface area contributed by atoms with Gasteiger partial charge in [-0.15, -0.1) is 0 Å². The van der Waals surface area contributed by atoms with E-state index in [0.29, 0.717) is 42.5 Å². The van der Waals surface area contributed by atoms with Crippen LogP contribution in [0, 0.1) is 11.8 Å². The highest BCUT2D eigenvalue weighted by Gasteiger charge is 2.32. The highest BCUT2D eigenvalue weighted by molar-refractivity contribution is 7.89. The number of hydrogen-bond donors (Lipinski definition) is 0. The van der Waals surface area contributed by atoms with Gasteiger partial charge in [-0.2, -0.15) is 4.31 Å². The predicted molar refractivity (Wildman–Crippen MR) is 90.7 cm³/mol. The van der Waals surface area contributed by atoms with Gasteiger partial charge in [0, 0.05) is 30.6 Å². The molecule has 5 heteroatoms. The van der Waals surface area contributed by atoms with Gasteiger partial charge >= 0.3 is 0 Å². The molecule has 1 heterocycles. The molecule has 1 aliphatic heterocycles. The summed E-state index contributed by atoms with van der Waals surface area (Å²) in [4.78, 5) is 12.3. The number of sulfonamides is 1. The molecule has 124 valence electrons. The lowest BCUT2D eigenvalue weighted by Gasteiger charge is -2.33. The van der Waals surface area contributed by atoms with E-state index >= 15 is 0 Å². The Hall–Kier alpha value is -1.46. The molecular weight excluding hydrogens is 310 g/mol. The van der Waals surface area contributed by atoms with Gasteiger partial charge in [0.1, 0.15) is 0 Å². The van der Waals surface area contributed by atoms with Crippen molar-refractivity contribution < 1.29 is 13.2 Å². The maximum absolute atomic E-state index is 13.0. The Morgan fingerprint density at radius 2 is 1.87 bits per heavy atom. The van der Waals surface area contributed by atoms with Gasteiger partial charge in [0.2, 0.25) is 10.0 Å². The zero-order valence-corrected chi connectivity index (χ0v) is 14.5. The zero-order valence-electron chi connectivity index (χ0n) is 13.7. The molecule has 0 bridgehead atoms. The van der Waals surface area contributed by atoms with Gasteiger partial charge in [-0.1, -0.05) is 38.1 Å². The van der Waals surface area contributed by atoms with Gasteiger partial charge in [0.25, 0.3) is 0 Å². The summed E-state index contributed by atoms with van der Waals surface area (Å²) in [6.07, 6.45) is 5.66. The number of rotatable bonds is 3. The average molecular weight is 333 g/mol. The fraction of sp³-hybridized carbons (Fsp3) is 0.500. The number of piperidine rings is 1. The Morgan fingerprint density at radius 1 is 1.17 bits per heavy atom. The van der Waals surface area contributed by atoms with Gasteiger partial charge in [-0.3, -0.25) is 4.79 Å². The molecule has 0 amide bonds. The number of nitrogens with zero attached hydrogens (tertiary/aromatic N) is 1. The van der Waals surface area contributed by atoms with Crippen LogP contribution in [0.4, 0.5) is 0 Å². The summed E-state index contributed by atoms with van der Waals surface area (Å²) in [5.74, 6) is 1.16. The number of allylic oxidation sites excluding steroid dienone is 1. The number of Topliss-reactive ketones (excluding diaryl/α,β-unsaturated/α-hetero) is 1. The van der Waals surface area contributed by atoms with Crippen LogP contribution in [-0.2, 0) is 10.0 Å². The Balaban J connectivity index is 1.92. The van der Waals surface area contributed by atoms with E-state index in [9.17, 15) is 13.2 Å². The topological polar surface area (TPSA) is 54.5 Å². The monoisotopic (exact) mass is 333 g/mol. The summed E-state index contributed by atoms with van der Waals surface area (Å²) in [5, 5.41) is 0.